The van der Waals surface area contributed by atoms with Crippen molar-refractivity contribution in [2.75, 3.05) is 28.3 Å². The van der Waals surface area contributed by atoms with Crippen LogP contribution in [0.4, 0.5) is 4.39 Å². The van der Waals surface area contributed by atoms with Gasteiger partial charge in [-0.3, -0.25) is 4.40 Å². The Bertz CT molecular complexity index is 1540. The van der Waals surface area contributed by atoms with Gasteiger partial charge >= 0.3 is 0 Å². The summed E-state index contributed by atoms with van der Waals surface area (Å²) in [4.78, 5) is 16.5. The third-order valence-electron chi connectivity index (χ3n) is 6.30. The van der Waals surface area contributed by atoms with Gasteiger partial charge in [-0.1, -0.05) is 0 Å². The van der Waals surface area contributed by atoms with Gasteiger partial charge in [0.05, 0.1) is 31.3 Å². The molecule has 0 saturated heterocycles. The number of benzene rings is 2. The Labute approximate surface area is 221 Å². The predicted molar refractivity (Wildman–Crippen MR) is 146 cm³/mol. The number of halogens is 1. The molecule has 0 spiro atoms. The van der Waals surface area contributed by atoms with Crippen molar-refractivity contribution in [2.24, 2.45) is 0 Å². The second kappa shape index (κ2) is 11.0. The van der Waals surface area contributed by atoms with Crippen LogP contribution in [0.3, 0.4) is 0 Å². The monoisotopic (exact) mass is 511 g/mol. The van der Waals surface area contributed by atoms with Gasteiger partial charge in [0.15, 0.2) is 0 Å². The predicted octanol–water partition coefficient (Wildman–Crippen LogP) is 5.46. The van der Waals surface area contributed by atoms with E-state index in [4.69, 9.17) is 19.4 Å². The number of nitrogens with zero attached hydrogens (tertiary/aromatic N) is 5. The van der Waals surface area contributed by atoms with E-state index in [9.17, 15) is 4.39 Å². The lowest BCUT2D eigenvalue weighted by Crippen LogP contribution is -2.10. The van der Waals surface area contributed by atoms with Gasteiger partial charge in [0.2, 0.25) is 0 Å². The summed E-state index contributed by atoms with van der Waals surface area (Å²) < 4.78 is 26.6. The fourth-order valence-electron chi connectivity index (χ4n) is 4.52. The Hall–Kier alpha value is -4.30. The molecule has 0 N–H and O–H groups in total. The molecular weight excluding hydrogens is 481 g/mol. The number of fused-ring (bicyclic) bond motifs is 1. The third-order valence-corrected chi connectivity index (χ3v) is 6.30. The van der Waals surface area contributed by atoms with E-state index in [2.05, 4.69) is 22.0 Å². The Morgan fingerprint density at radius 2 is 1.58 bits per heavy atom. The summed E-state index contributed by atoms with van der Waals surface area (Å²) in [5, 5.41) is 0. The van der Waals surface area contributed by atoms with E-state index in [0.717, 1.165) is 63.9 Å². The number of pyridine rings is 1. The molecule has 3 heterocycles. The van der Waals surface area contributed by atoms with Crippen LogP contribution in [0.25, 0.3) is 28.3 Å². The fourth-order valence-corrected chi connectivity index (χ4v) is 4.52. The van der Waals surface area contributed by atoms with Gasteiger partial charge in [-0.2, -0.15) is 0 Å². The number of ether oxygens (including phenoxy) is 2. The smallest absolute Gasteiger partial charge is 0.138 e. The van der Waals surface area contributed by atoms with Crippen molar-refractivity contribution in [1.29, 1.82) is 0 Å². The SMILES string of the molecule is COc1cc(CCc2nccc(-c3c(-c4ccc(F)cc4)nc4cc(CN(C)C)ccn34)n2)cc(OC)c1. The van der Waals surface area contributed by atoms with Crippen LogP contribution in [-0.2, 0) is 19.4 Å². The van der Waals surface area contributed by atoms with Crippen LogP contribution in [0.2, 0.25) is 0 Å². The number of hydrogen-bond donors (Lipinski definition) is 0. The highest BCUT2D eigenvalue weighted by Gasteiger charge is 2.18. The largest absolute Gasteiger partial charge is 0.497 e. The van der Waals surface area contributed by atoms with Crippen molar-refractivity contribution in [2.45, 2.75) is 19.4 Å². The van der Waals surface area contributed by atoms with E-state index in [1.54, 1.807) is 32.5 Å². The highest BCUT2D eigenvalue weighted by atomic mass is 19.1. The zero-order valence-electron chi connectivity index (χ0n) is 22.0. The fraction of sp³-hybridized carbons (Fsp3) is 0.233. The van der Waals surface area contributed by atoms with Crippen molar-refractivity contribution in [3.63, 3.8) is 0 Å². The minimum absolute atomic E-state index is 0.286. The van der Waals surface area contributed by atoms with E-state index in [1.807, 2.05) is 49.0 Å². The lowest BCUT2D eigenvalue weighted by Gasteiger charge is -2.11. The van der Waals surface area contributed by atoms with Crippen LogP contribution in [0.15, 0.2) is 73.1 Å². The summed E-state index contributed by atoms with van der Waals surface area (Å²) in [7, 11) is 7.36. The maximum absolute atomic E-state index is 13.7. The van der Waals surface area contributed by atoms with E-state index in [0.29, 0.717) is 12.2 Å². The zero-order valence-corrected chi connectivity index (χ0v) is 22.0. The molecule has 5 aromatic rings. The average molecular weight is 512 g/mol. The van der Waals surface area contributed by atoms with E-state index in [1.165, 1.54) is 12.1 Å². The van der Waals surface area contributed by atoms with Gasteiger partial charge in [0, 0.05) is 37.0 Å². The first kappa shape index (κ1) is 25.4. The molecule has 194 valence electrons. The topological polar surface area (TPSA) is 64.8 Å². The first-order valence-corrected chi connectivity index (χ1v) is 12.4. The minimum Gasteiger partial charge on any atom is -0.497 e. The van der Waals surface area contributed by atoms with Gasteiger partial charge in [0.25, 0.3) is 0 Å². The molecule has 0 aliphatic heterocycles. The van der Waals surface area contributed by atoms with E-state index in [-0.39, 0.29) is 5.82 Å². The highest BCUT2D eigenvalue weighted by molar-refractivity contribution is 5.80. The molecule has 7 nitrogen and oxygen atoms in total. The summed E-state index contributed by atoms with van der Waals surface area (Å²) in [6.07, 6.45) is 5.16. The standard InChI is InChI=1S/C30H30FN5O2/c1-35(2)19-21-12-14-36-28(17-21)34-29(22-6-8-23(31)9-7-22)30(36)26-11-13-32-27(33-26)10-5-20-15-24(37-3)18-25(16-20)38-4/h6-9,11-18H,5,10,19H2,1-4H3. The van der Waals surface area contributed by atoms with Crippen molar-refractivity contribution in [3.05, 3.63) is 95.8 Å². The Balaban J connectivity index is 1.53. The van der Waals surface area contributed by atoms with Gasteiger partial charge in [-0.25, -0.2) is 19.3 Å². The van der Waals surface area contributed by atoms with Gasteiger partial charge < -0.3 is 14.4 Å². The van der Waals surface area contributed by atoms with Crippen molar-refractivity contribution >= 4 is 5.65 Å². The third kappa shape index (κ3) is 5.50. The number of aryl methyl sites for hydroxylation is 2. The molecule has 0 saturated carbocycles. The molecule has 0 fully saturated rings. The Morgan fingerprint density at radius 3 is 2.26 bits per heavy atom. The maximum atomic E-state index is 13.7. The lowest BCUT2D eigenvalue weighted by atomic mass is 10.1. The first-order valence-electron chi connectivity index (χ1n) is 12.4. The van der Waals surface area contributed by atoms with Gasteiger partial charge in [-0.15, -0.1) is 0 Å². The molecule has 0 bridgehead atoms. The molecule has 38 heavy (non-hydrogen) atoms. The molecule has 0 amide bonds. The lowest BCUT2D eigenvalue weighted by molar-refractivity contribution is 0.393. The molecule has 2 aromatic carbocycles. The van der Waals surface area contributed by atoms with Crippen molar-refractivity contribution in [3.8, 4) is 34.1 Å². The Kier molecular flexibility index (Phi) is 7.33. The molecule has 5 rings (SSSR count). The molecular formula is C30H30FN5O2. The molecule has 0 atom stereocenters. The van der Waals surface area contributed by atoms with Gasteiger partial charge in [-0.05, 0) is 86.2 Å². The van der Waals surface area contributed by atoms with E-state index < -0.39 is 0 Å². The van der Waals surface area contributed by atoms with Crippen molar-refractivity contribution in [1.82, 2.24) is 24.3 Å². The molecule has 0 aliphatic rings. The first-order chi connectivity index (χ1) is 18.4. The quantitative estimate of drug-likeness (QED) is 0.262. The van der Waals surface area contributed by atoms with Crippen LogP contribution in [0.5, 0.6) is 11.5 Å². The van der Waals surface area contributed by atoms with Crippen LogP contribution in [0.1, 0.15) is 17.0 Å². The molecule has 3 aromatic heterocycles. The number of rotatable bonds is 9. The summed E-state index contributed by atoms with van der Waals surface area (Å²) in [6, 6.07) is 18.3. The second-order valence-corrected chi connectivity index (χ2v) is 9.40. The summed E-state index contributed by atoms with van der Waals surface area (Å²) in [5.74, 6) is 1.92. The van der Waals surface area contributed by atoms with Crippen LogP contribution in [0, 0.1) is 5.82 Å². The second-order valence-electron chi connectivity index (χ2n) is 9.40. The number of aromatic nitrogens is 4. The number of imidazole rings is 1. The Morgan fingerprint density at radius 1 is 0.842 bits per heavy atom. The summed E-state index contributed by atoms with van der Waals surface area (Å²) in [6.45, 7) is 0.803. The summed E-state index contributed by atoms with van der Waals surface area (Å²) >= 11 is 0. The number of methoxy groups -OCH3 is 2. The minimum atomic E-state index is -0.286. The molecule has 0 radical (unpaired) electrons. The normalized spacial score (nSPS) is 11.3. The van der Waals surface area contributed by atoms with Crippen molar-refractivity contribution < 1.29 is 13.9 Å². The maximum Gasteiger partial charge on any atom is 0.138 e. The van der Waals surface area contributed by atoms with Crippen LogP contribution in [-0.4, -0.2) is 52.6 Å². The van der Waals surface area contributed by atoms with Gasteiger partial charge in [0.1, 0.15) is 28.8 Å². The zero-order chi connectivity index (χ0) is 26.6. The summed E-state index contributed by atoms with van der Waals surface area (Å²) in [5.41, 5.74) is 6.20. The molecule has 8 heteroatoms. The van der Waals surface area contributed by atoms with Crippen LogP contribution >= 0.6 is 0 Å². The van der Waals surface area contributed by atoms with Crippen LogP contribution < -0.4 is 9.47 Å². The molecule has 0 aliphatic carbocycles. The number of hydrogen-bond acceptors (Lipinski definition) is 6. The average Bonchev–Trinajstić information content (AvgIpc) is 3.30. The highest BCUT2D eigenvalue weighted by Crippen LogP contribution is 2.32. The molecule has 0 unspecified atom stereocenters. The van der Waals surface area contributed by atoms with E-state index >= 15 is 0 Å².